The van der Waals surface area contributed by atoms with Crippen molar-refractivity contribution in [1.82, 2.24) is 14.5 Å². The van der Waals surface area contributed by atoms with Gasteiger partial charge in [0, 0.05) is 26.2 Å². The number of rotatable bonds is 7. The van der Waals surface area contributed by atoms with Crippen LogP contribution >= 0.6 is 0 Å². The van der Waals surface area contributed by atoms with Gasteiger partial charge >= 0.3 is 0 Å². The molecular weight excluding hydrogens is 314 g/mol. The van der Waals surface area contributed by atoms with Crippen molar-refractivity contribution < 1.29 is 13.2 Å². The summed E-state index contributed by atoms with van der Waals surface area (Å²) in [5.41, 5.74) is 0. The molecule has 2 saturated heterocycles. The van der Waals surface area contributed by atoms with Crippen LogP contribution in [0.2, 0.25) is 0 Å². The average Bonchev–Trinajstić information content (AvgIpc) is 3.05. The molecule has 0 radical (unpaired) electrons. The van der Waals surface area contributed by atoms with Gasteiger partial charge in [0.15, 0.2) is 0 Å². The molecule has 0 bridgehead atoms. The molecule has 2 fully saturated rings. The third-order valence-electron chi connectivity index (χ3n) is 4.91. The molecule has 1 amide bonds. The molecule has 7 heteroatoms. The first-order chi connectivity index (χ1) is 10.9. The zero-order chi connectivity index (χ0) is 16.9. The third kappa shape index (κ3) is 5.43. The van der Waals surface area contributed by atoms with E-state index >= 15 is 0 Å². The van der Waals surface area contributed by atoms with Crippen molar-refractivity contribution >= 4 is 15.9 Å². The van der Waals surface area contributed by atoms with E-state index in [1.165, 1.54) is 30.2 Å². The molecule has 2 aliphatic rings. The number of likely N-dealkylation sites (tertiary alicyclic amines) is 1. The van der Waals surface area contributed by atoms with Gasteiger partial charge in [0.2, 0.25) is 15.9 Å². The Kier molecular flexibility index (Phi) is 6.85. The normalized spacial score (nSPS) is 25.4. The Bertz CT molecular complexity index is 489. The zero-order valence-corrected chi connectivity index (χ0v) is 15.3. The van der Waals surface area contributed by atoms with E-state index in [2.05, 4.69) is 17.1 Å². The first-order valence-electron chi connectivity index (χ1n) is 8.90. The molecule has 2 atom stereocenters. The second-order valence-electron chi connectivity index (χ2n) is 6.96. The van der Waals surface area contributed by atoms with Gasteiger partial charge in [0.05, 0.1) is 11.7 Å². The molecule has 6 nitrogen and oxygen atoms in total. The average molecular weight is 346 g/mol. The maximum atomic E-state index is 12.4. The first kappa shape index (κ1) is 18.7. The van der Waals surface area contributed by atoms with Crippen molar-refractivity contribution in [3.05, 3.63) is 0 Å². The van der Waals surface area contributed by atoms with E-state index in [4.69, 9.17) is 0 Å². The summed E-state index contributed by atoms with van der Waals surface area (Å²) in [6, 6.07) is 0. The smallest absolute Gasteiger partial charge is 0.224 e. The summed E-state index contributed by atoms with van der Waals surface area (Å²) in [4.78, 5) is 14.8. The van der Waals surface area contributed by atoms with Gasteiger partial charge in [0.1, 0.15) is 0 Å². The summed E-state index contributed by atoms with van der Waals surface area (Å²) >= 11 is 0. The van der Waals surface area contributed by atoms with Crippen LogP contribution in [0.15, 0.2) is 0 Å². The van der Waals surface area contributed by atoms with Gasteiger partial charge in [-0.25, -0.2) is 12.7 Å². The Balaban J connectivity index is 1.76. The van der Waals surface area contributed by atoms with Crippen molar-refractivity contribution in [3.63, 3.8) is 0 Å². The number of hydrogen-bond acceptors (Lipinski definition) is 4. The van der Waals surface area contributed by atoms with E-state index in [9.17, 15) is 13.2 Å². The summed E-state index contributed by atoms with van der Waals surface area (Å²) < 4.78 is 25.4. The molecule has 0 aliphatic carbocycles. The van der Waals surface area contributed by atoms with Crippen molar-refractivity contribution in [2.75, 3.05) is 45.0 Å². The predicted octanol–water partition coefficient (Wildman–Crippen LogP) is 0.896. The molecule has 2 rings (SSSR count). The van der Waals surface area contributed by atoms with Crippen LogP contribution in [0.1, 0.15) is 39.5 Å². The fourth-order valence-corrected chi connectivity index (χ4v) is 4.66. The van der Waals surface area contributed by atoms with Gasteiger partial charge < -0.3 is 10.2 Å². The molecular formula is C16H31N3O3S. The van der Waals surface area contributed by atoms with Crippen LogP contribution in [0, 0.1) is 11.8 Å². The Morgan fingerprint density at radius 1 is 1.22 bits per heavy atom. The number of nitrogens with one attached hydrogen (secondary N) is 1. The number of amides is 1. The molecule has 1 N–H and O–H groups in total. The Morgan fingerprint density at radius 3 is 2.57 bits per heavy atom. The second-order valence-corrected chi connectivity index (χ2v) is 9.21. The molecule has 0 aromatic heterocycles. The van der Waals surface area contributed by atoms with Gasteiger partial charge in [-0.3, -0.25) is 4.79 Å². The number of carbonyl (C=O) groups is 1. The number of piperidine rings is 1. The van der Waals surface area contributed by atoms with Crippen LogP contribution in [0.5, 0.6) is 0 Å². The largest absolute Gasteiger partial charge is 0.356 e. The van der Waals surface area contributed by atoms with Crippen LogP contribution in [-0.2, 0) is 14.8 Å². The number of sulfonamides is 1. The lowest BCUT2D eigenvalue weighted by Crippen LogP contribution is -2.46. The lowest BCUT2D eigenvalue weighted by Gasteiger charge is -2.31. The Morgan fingerprint density at radius 2 is 1.91 bits per heavy atom. The summed E-state index contributed by atoms with van der Waals surface area (Å²) in [5, 5.41) is 3.03. The Hall–Kier alpha value is -0.660. The van der Waals surface area contributed by atoms with Crippen molar-refractivity contribution in [1.29, 1.82) is 0 Å². The maximum absolute atomic E-state index is 12.4. The zero-order valence-electron chi connectivity index (χ0n) is 14.5. The standard InChI is InChI=1S/C16H31N3O3S/c1-3-23(21,22)19-10-6-7-15(13-19)16(20)17-11-14(2)12-18-8-4-5-9-18/h14-15H,3-13H2,1-2H3,(H,17,20)/t14-,15+/m0/s1. The fraction of sp³-hybridized carbons (Fsp3) is 0.938. The fourth-order valence-electron chi connectivity index (χ4n) is 3.48. The predicted molar refractivity (Wildman–Crippen MR) is 91.6 cm³/mol. The van der Waals surface area contributed by atoms with Crippen LogP contribution in [0.25, 0.3) is 0 Å². The molecule has 2 aliphatic heterocycles. The van der Waals surface area contributed by atoms with Gasteiger partial charge in [-0.1, -0.05) is 6.92 Å². The Labute approximate surface area is 140 Å². The van der Waals surface area contributed by atoms with Crippen molar-refractivity contribution in [2.45, 2.75) is 39.5 Å². The molecule has 2 heterocycles. The molecule has 0 saturated carbocycles. The topological polar surface area (TPSA) is 69.7 Å². The summed E-state index contributed by atoms with van der Waals surface area (Å²) in [5.74, 6) is 0.336. The molecule has 0 aromatic rings. The highest BCUT2D eigenvalue weighted by atomic mass is 32.2. The monoisotopic (exact) mass is 345 g/mol. The minimum atomic E-state index is -3.19. The van der Waals surface area contributed by atoms with Crippen LogP contribution in [0.3, 0.4) is 0 Å². The summed E-state index contributed by atoms with van der Waals surface area (Å²) in [6.07, 6.45) is 4.11. The third-order valence-corrected chi connectivity index (χ3v) is 6.75. The molecule has 134 valence electrons. The lowest BCUT2D eigenvalue weighted by atomic mass is 9.98. The lowest BCUT2D eigenvalue weighted by molar-refractivity contribution is -0.126. The molecule has 0 spiro atoms. The highest BCUT2D eigenvalue weighted by Gasteiger charge is 2.31. The second kappa shape index (κ2) is 8.44. The maximum Gasteiger partial charge on any atom is 0.224 e. The first-order valence-corrected chi connectivity index (χ1v) is 10.5. The summed E-state index contributed by atoms with van der Waals surface area (Å²) in [7, 11) is -3.19. The van der Waals surface area contributed by atoms with E-state index in [1.54, 1.807) is 6.92 Å². The SMILES string of the molecule is CCS(=O)(=O)N1CCC[C@@H](C(=O)NC[C@H](C)CN2CCCC2)C1. The molecule has 0 unspecified atom stereocenters. The van der Waals surface area contributed by atoms with E-state index in [1.807, 2.05) is 0 Å². The highest BCUT2D eigenvalue weighted by molar-refractivity contribution is 7.89. The molecule has 23 heavy (non-hydrogen) atoms. The van der Waals surface area contributed by atoms with Crippen molar-refractivity contribution in [3.8, 4) is 0 Å². The van der Waals surface area contributed by atoms with Gasteiger partial charge in [0.25, 0.3) is 0 Å². The van der Waals surface area contributed by atoms with E-state index in [-0.39, 0.29) is 17.6 Å². The van der Waals surface area contributed by atoms with Crippen LogP contribution < -0.4 is 5.32 Å². The van der Waals surface area contributed by atoms with E-state index in [0.29, 0.717) is 25.6 Å². The number of nitrogens with zero attached hydrogens (tertiary/aromatic N) is 2. The quantitative estimate of drug-likeness (QED) is 0.744. The van der Waals surface area contributed by atoms with Gasteiger partial charge in [-0.05, 0) is 51.6 Å². The van der Waals surface area contributed by atoms with E-state index in [0.717, 1.165) is 19.4 Å². The van der Waals surface area contributed by atoms with E-state index < -0.39 is 10.0 Å². The summed E-state index contributed by atoms with van der Waals surface area (Å²) in [6.45, 7) is 8.74. The number of hydrogen-bond donors (Lipinski definition) is 1. The molecule has 0 aromatic carbocycles. The van der Waals surface area contributed by atoms with Gasteiger partial charge in [-0.2, -0.15) is 0 Å². The minimum Gasteiger partial charge on any atom is -0.356 e. The minimum absolute atomic E-state index is 0.00859. The van der Waals surface area contributed by atoms with Gasteiger partial charge in [-0.15, -0.1) is 0 Å². The van der Waals surface area contributed by atoms with Crippen LogP contribution in [-0.4, -0.2) is 68.6 Å². The van der Waals surface area contributed by atoms with Crippen LogP contribution in [0.4, 0.5) is 0 Å². The number of carbonyl (C=O) groups excluding carboxylic acids is 1. The highest BCUT2D eigenvalue weighted by Crippen LogP contribution is 2.19. The van der Waals surface area contributed by atoms with Crippen molar-refractivity contribution in [2.24, 2.45) is 11.8 Å².